The summed E-state index contributed by atoms with van der Waals surface area (Å²) >= 11 is 0. The van der Waals surface area contributed by atoms with E-state index in [1.807, 2.05) is 0 Å². The lowest BCUT2D eigenvalue weighted by Crippen LogP contribution is -2.41. The van der Waals surface area contributed by atoms with Crippen LogP contribution >= 0.6 is 0 Å². The summed E-state index contributed by atoms with van der Waals surface area (Å²) in [6.45, 7) is 2.61. The highest BCUT2D eigenvalue weighted by Crippen LogP contribution is 2.30. The fourth-order valence-electron chi connectivity index (χ4n) is 3.99. The van der Waals surface area contributed by atoms with Crippen molar-refractivity contribution < 1.29 is 28.6 Å². The van der Waals surface area contributed by atoms with Gasteiger partial charge in [0.1, 0.15) is 12.7 Å². The standard InChI is InChI=1S/C23H34N4O6/c1-31-15-21(28)27-10-4-3-8-25-23(30)18-13-17(14-26-18)33-20-12-16(6-7-19(20)32-2)22(29)24-9-5-11-27/h6-7,12,17-18,26H,3-5,8-11,13-15H2,1-2H3,(H,24,29)(H,25,30)/t17-,18-/m0/s1. The molecule has 3 N–H and O–H groups in total. The highest BCUT2D eigenvalue weighted by molar-refractivity contribution is 5.94. The molecule has 10 nitrogen and oxygen atoms in total. The van der Waals surface area contributed by atoms with Gasteiger partial charge in [0.15, 0.2) is 11.5 Å². The molecule has 3 rings (SSSR count). The van der Waals surface area contributed by atoms with Gasteiger partial charge in [-0.1, -0.05) is 0 Å². The molecule has 1 saturated heterocycles. The van der Waals surface area contributed by atoms with Crippen LogP contribution in [0.25, 0.3) is 0 Å². The van der Waals surface area contributed by atoms with E-state index in [1.165, 1.54) is 7.11 Å². The highest BCUT2D eigenvalue weighted by Gasteiger charge is 2.31. The van der Waals surface area contributed by atoms with Crippen LogP contribution in [-0.2, 0) is 14.3 Å². The minimum Gasteiger partial charge on any atom is -0.493 e. The van der Waals surface area contributed by atoms with Crippen molar-refractivity contribution in [3.8, 4) is 11.5 Å². The second kappa shape index (κ2) is 12.4. The summed E-state index contributed by atoms with van der Waals surface area (Å²) < 4.78 is 16.5. The number of nitrogens with zero attached hydrogens (tertiary/aromatic N) is 1. The van der Waals surface area contributed by atoms with Gasteiger partial charge in [-0.15, -0.1) is 0 Å². The van der Waals surface area contributed by atoms with Gasteiger partial charge in [-0.05, 0) is 37.5 Å². The van der Waals surface area contributed by atoms with E-state index >= 15 is 0 Å². The third-order valence-electron chi connectivity index (χ3n) is 5.79. The largest absolute Gasteiger partial charge is 0.493 e. The Morgan fingerprint density at radius 3 is 2.70 bits per heavy atom. The van der Waals surface area contributed by atoms with Crippen LogP contribution < -0.4 is 25.4 Å². The quantitative estimate of drug-likeness (QED) is 0.592. The van der Waals surface area contributed by atoms with Crippen molar-refractivity contribution in [3.05, 3.63) is 23.8 Å². The first-order valence-electron chi connectivity index (χ1n) is 11.4. The molecule has 4 bridgehead atoms. The van der Waals surface area contributed by atoms with Crippen LogP contribution in [0.4, 0.5) is 0 Å². The minimum absolute atomic E-state index is 0.0201. The van der Waals surface area contributed by atoms with Gasteiger partial charge >= 0.3 is 0 Å². The molecular formula is C23H34N4O6. The molecule has 182 valence electrons. The number of methoxy groups -OCH3 is 2. The normalized spacial score (nSPS) is 22.8. The number of rotatable bonds is 3. The van der Waals surface area contributed by atoms with Crippen molar-refractivity contribution in [2.45, 2.75) is 37.8 Å². The summed E-state index contributed by atoms with van der Waals surface area (Å²) in [6, 6.07) is 4.70. The first-order chi connectivity index (χ1) is 16.0. The van der Waals surface area contributed by atoms with Crippen molar-refractivity contribution in [3.63, 3.8) is 0 Å². The summed E-state index contributed by atoms with van der Waals surface area (Å²) in [4.78, 5) is 39.3. The van der Waals surface area contributed by atoms with E-state index in [2.05, 4.69) is 16.0 Å². The molecule has 0 saturated carbocycles. The van der Waals surface area contributed by atoms with Crippen LogP contribution in [0, 0.1) is 0 Å². The maximum absolute atomic E-state index is 12.7. The molecule has 2 aliphatic rings. The van der Waals surface area contributed by atoms with Crippen LogP contribution in [0.3, 0.4) is 0 Å². The van der Waals surface area contributed by atoms with Gasteiger partial charge in [-0.25, -0.2) is 0 Å². The number of hydrogen-bond donors (Lipinski definition) is 3. The zero-order valence-electron chi connectivity index (χ0n) is 19.4. The maximum atomic E-state index is 12.7. The van der Waals surface area contributed by atoms with E-state index < -0.39 is 0 Å². The zero-order valence-corrected chi connectivity index (χ0v) is 19.4. The van der Waals surface area contributed by atoms with Gasteiger partial charge in [-0.3, -0.25) is 14.4 Å². The van der Waals surface area contributed by atoms with Gasteiger partial charge in [0.2, 0.25) is 11.8 Å². The van der Waals surface area contributed by atoms with E-state index in [0.717, 1.165) is 12.8 Å². The Hall–Kier alpha value is -2.85. The summed E-state index contributed by atoms with van der Waals surface area (Å²) in [5.74, 6) is 0.616. The molecule has 0 unspecified atom stereocenters. The molecule has 2 aliphatic heterocycles. The smallest absolute Gasteiger partial charge is 0.251 e. The van der Waals surface area contributed by atoms with Gasteiger partial charge in [0.25, 0.3) is 5.91 Å². The van der Waals surface area contributed by atoms with Crippen molar-refractivity contribution in [1.82, 2.24) is 20.9 Å². The zero-order chi connectivity index (χ0) is 23.6. The molecule has 0 spiro atoms. The molecule has 2 atom stereocenters. The Morgan fingerprint density at radius 1 is 1.12 bits per heavy atom. The Labute approximate surface area is 194 Å². The predicted octanol–water partition coefficient (Wildman–Crippen LogP) is 0.309. The molecule has 33 heavy (non-hydrogen) atoms. The molecule has 1 aromatic rings. The number of fused-ring (bicyclic) bond motifs is 4. The topological polar surface area (TPSA) is 118 Å². The van der Waals surface area contributed by atoms with Crippen molar-refractivity contribution >= 4 is 17.7 Å². The van der Waals surface area contributed by atoms with Crippen LogP contribution in [-0.4, -0.2) is 88.3 Å². The van der Waals surface area contributed by atoms with E-state index in [4.69, 9.17) is 14.2 Å². The number of amides is 3. The molecule has 0 aliphatic carbocycles. The first kappa shape index (κ1) is 24.8. The number of carbonyl (C=O) groups is 3. The second-order valence-corrected chi connectivity index (χ2v) is 8.22. The number of nitrogens with one attached hydrogen (secondary N) is 3. The predicted molar refractivity (Wildman–Crippen MR) is 121 cm³/mol. The van der Waals surface area contributed by atoms with Crippen LogP contribution in [0.2, 0.25) is 0 Å². The molecule has 0 radical (unpaired) electrons. The van der Waals surface area contributed by atoms with Crippen molar-refractivity contribution in [2.75, 3.05) is 53.6 Å². The van der Waals surface area contributed by atoms with E-state index in [9.17, 15) is 14.4 Å². The minimum atomic E-state index is -0.339. The lowest BCUT2D eigenvalue weighted by Gasteiger charge is -2.22. The Bertz CT molecular complexity index is 833. The second-order valence-electron chi connectivity index (χ2n) is 8.22. The van der Waals surface area contributed by atoms with Crippen LogP contribution in [0.5, 0.6) is 11.5 Å². The molecular weight excluding hydrogens is 428 g/mol. The average Bonchev–Trinajstić information content (AvgIpc) is 3.28. The van der Waals surface area contributed by atoms with Crippen LogP contribution in [0.1, 0.15) is 36.0 Å². The van der Waals surface area contributed by atoms with Crippen molar-refractivity contribution in [2.24, 2.45) is 0 Å². The molecule has 1 aromatic carbocycles. The monoisotopic (exact) mass is 462 g/mol. The maximum Gasteiger partial charge on any atom is 0.251 e. The van der Waals surface area contributed by atoms with E-state index in [1.54, 1.807) is 30.2 Å². The molecule has 10 heteroatoms. The van der Waals surface area contributed by atoms with Gasteiger partial charge in [0.05, 0.1) is 13.2 Å². The van der Waals surface area contributed by atoms with Crippen molar-refractivity contribution in [1.29, 1.82) is 0 Å². The van der Waals surface area contributed by atoms with Gasteiger partial charge in [0, 0.05) is 51.8 Å². The summed E-state index contributed by atoms with van der Waals surface area (Å²) in [5, 5.41) is 9.06. The average molecular weight is 463 g/mol. The summed E-state index contributed by atoms with van der Waals surface area (Å²) in [7, 11) is 3.04. The van der Waals surface area contributed by atoms with Crippen LogP contribution in [0.15, 0.2) is 18.2 Å². The summed E-state index contributed by atoms with van der Waals surface area (Å²) in [6.07, 6.45) is 2.44. The number of ether oxygens (including phenoxy) is 3. The highest BCUT2D eigenvalue weighted by atomic mass is 16.5. The third-order valence-corrected chi connectivity index (χ3v) is 5.79. The molecule has 1 fully saturated rings. The van der Waals surface area contributed by atoms with Gasteiger partial charge < -0.3 is 35.1 Å². The Morgan fingerprint density at radius 2 is 1.91 bits per heavy atom. The Balaban J connectivity index is 1.73. The lowest BCUT2D eigenvalue weighted by atomic mass is 10.1. The molecule has 0 aromatic heterocycles. The summed E-state index contributed by atoms with van der Waals surface area (Å²) in [5.41, 5.74) is 0.455. The molecule has 2 heterocycles. The molecule has 3 amide bonds. The number of benzene rings is 1. The lowest BCUT2D eigenvalue weighted by molar-refractivity contribution is -0.135. The SMILES string of the molecule is COCC(=O)N1CCCCNC(=O)[C@@H]2C[C@@H](CN2)Oc2cc(ccc2OC)C(=O)NCCC1. The number of carbonyl (C=O) groups excluding carboxylic acids is 3. The fraction of sp³-hybridized carbons (Fsp3) is 0.609. The fourth-order valence-corrected chi connectivity index (χ4v) is 3.99. The Kier molecular flexibility index (Phi) is 9.32. The van der Waals surface area contributed by atoms with E-state index in [-0.39, 0.29) is 36.5 Å². The third kappa shape index (κ3) is 7.06. The van der Waals surface area contributed by atoms with E-state index in [0.29, 0.717) is 62.6 Å². The first-order valence-corrected chi connectivity index (χ1v) is 11.4. The number of hydrogen-bond acceptors (Lipinski definition) is 7. The van der Waals surface area contributed by atoms with Gasteiger partial charge in [-0.2, -0.15) is 0 Å².